The first kappa shape index (κ1) is 19.3. The molecule has 0 spiro atoms. The summed E-state index contributed by atoms with van der Waals surface area (Å²) < 4.78 is 29.1. The van der Waals surface area contributed by atoms with Gasteiger partial charge in [0.25, 0.3) is 5.91 Å². The molecule has 0 atom stereocenters. The van der Waals surface area contributed by atoms with Crippen molar-refractivity contribution < 1.29 is 17.9 Å². The summed E-state index contributed by atoms with van der Waals surface area (Å²) in [5, 5.41) is 9.95. The molecule has 1 aromatic heterocycles. The van der Waals surface area contributed by atoms with Crippen molar-refractivity contribution in [2.24, 2.45) is 0 Å². The van der Waals surface area contributed by atoms with Crippen LogP contribution in [0, 0.1) is 0 Å². The number of carbonyl (C=O) groups is 1. The summed E-state index contributed by atoms with van der Waals surface area (Å²) in [6, 6.07) is 7.52. The van der Waals surface area contributed by atoms with E-state index in [9.17, 15) is 13.2 Å². The molecule has 9 heteroatoms. The van der Waals surface area contributed by atoms with E-state index < -0.39 is 15.7 Å². The third kappa shape index (κ3) is 5.50. The van der Waals surface area contributed by atoms with E-state index in [2.05, 4.69) is 29.4 Å². The van der Waals surface area contributed by atoms with Gasteiger partial charge < -0.3 is 4.74 Å². The first-order valence-electron chi connectivity index (χ1n) is 7.90. The molecular weight excluding hydrogens is 362 g/mol. The van der Waals surface area contributed by atoms with Crippen LogP contribution in [0.5, 0.6) is 5.75 Å². The van der Waals surface area contributed by atoms with Gasteiger partial charge in [-0.2, -0.15) is 0 Å². The van der Waals surface area contributed by atoms with Gasteiger partial charge in [0.15, 0.2) is 6.61 Å². The van der Waals surface area contributed by atoms with Crippen LogP contribution in [-0.2, 0) is 14.6 Å². The smallest absolute Gasteiger partial charge is 0.264 e. The Morgan fingerprint density at radius 3 is 2.52 bits per heavy atom. The Morgan fingerprint density at radius 1 is 1.24 bits per heavy atom. The number of nitrogens with one attached hydrogen (secondary N) is 1. The molecule has 25 heavy (non-hydrogen) atoms. The highest BCUT2D eigenvalue weighted by atomic mass is 32.2. The summed E-state index contributed by atoms with van der Waals surface area (Å²) in [7, 11) is -3.43. The monoisotopic (exact) mass is 383 g/mol. The van der Waals surface area contributed by atoms with Gasteiger partial charge in [-0.15, -0.1) is 10.2 Å². The van der Waals surface area contributed by atoms with Gasteiger partial charge in [0.1, 0.15) is 5.75 Å². The fourth-order valence-corrected chi connectivity index (χ4v) is 4.36. The van der Waals surface area contributed by atoms with E-state index in [4.69, 9.17) is 4.74 Å². The first-order chi connectivity index (χ1) is 11.8. The number of aromatic nitrogens is 2. The molecule has 0 aliphatic rings. The van der Waals surface area contributed by atoms with Crippen molar-refractivity contribution in [3.63, 3.8) is 0 Å². The van der Waals surface area contributed by atoms with Gasteiger partial charge in [-0.1, -0.05) is 44.2 Å². The number of anilines is 1. The zero-order valence-corrected chi connectivity index (χ0v) is 16.0. The molecule has 2 rings (SSSR count). The van der Waals surface area contributed by atoms with Crippen LogP contribution < -0.4 is 10.1 Å². The SMILES string of the molecule is CCCS(=O)(=O)c1nnc(NC(=O)COc2ccc(C(C)C)cc2)s1. The molecule has 136 valence electrons. The molecule has 0 bridgehead atoms. The third-order valence-electron chi connectivity index (χ3n) is 3.31. The number of hydrogen-bond donors (Lipinski definition) is 1. The van der Waals surface area contributed by atoms with E-state index in [-0.39, 0.29) is 21.8 Å². The number of amides is 1. The minimum atomic E-state index is -3.43. The van der Waals surface area contributed by atoms with Crippen molar-refractivity contribution in [1.82, 2.24) is 10.2 Å². The summed E-state index contributed by atoms with van der Waals surface area (Å²) >= 11 is 0.837. The zero-order chi connectivity index (χ0) is 18.4. The summed E-state index contributed by atoms with van der Waals surface area (Å²) in [5.41, 5.74) is 1.19. The second-order valence-corrected chi connectivity index (χ2v) is 9.01. The van der Waals surface area contributed by atoms with Gasteiger partial charge in [-0.25, -0.2) is 8.42 Å². The highest BCUT2D eigenvalue weighted by molar-refractivity contribution is 7.93. The van der Waals surface area contributed by atoms with Crippen LogP contribution in [0.3, 0.4) is 0 Å². The van der Waals surface area contributed by atoms with Crippen molar-refractivity contribution in [3.8, 4) is 5.75 Å². The normalized spacial score (nSPS) is 11.5. The topological polar surface area (TPSA) is 98.3 Å². The van der Waals surface area contributed by atoms with Gasteiger partial charge in [0.05, 0.1) is 5.75 Å². The lowest BCUT2D eigenvalue weighted by Gasteiger charge is -2.08. The number of nitrogens with zero attached hydrogens (tertiary/aromatic N) is 2. The predicted molar refractivity (Wildman–Crippen MR) is 96.9 cm³/mol. The van der Waals surface area contributed by atoms with Crippen molar-refractivity contribution in [3.05, 3.63) is 29.8 Å². The van der Waals surface area contributed by atoms with Gasteiger partial charge in [-0.3, -0.25) is 10.1 Å². The molecule has 0 saturated heterocycles. The maximum absolute atomic E-state index is 11.9. The second-order valence-electron chi connectivity index (χ2n) is 5.75. The van der Waals surface area contributed by atoms with Crippen molar-refractivity contribution >= 4 is 32.2 Å². The number of rotatable bonds is 8. The molecule has 0 unspecified atom stereocenters. The lowest BCUT2D eigenvalue weighted by atomic mass is 10.0. The van der Waals surface area contributed by atoms with E-state index in [0.717, 1.165) is 11.3 Å². The zero-order valence-electron chi connectivity index (χ0n) is 14.4. The fourth-order valence-electron chi connectivity index (χ4n) is 2.00. The molecule has 0 radical (unpaired) electrons. The highest BCUT2D eigenvalue weighted by Gasteiger charge is 2.20. The van der Waals surface area contributed by atoms with Crippen LogP contribution in [-0.4, -0.2) is 36.9 Å². The van der Waals surface area contributed by atoms with E-state index >= 15 is 0 Å². The quantitative estimate of drug-likeness (QED) is 0.704. The van der Waals surface area contributed by atoms with E-state index in [1.54, 1.807) is 6.92 Å². The Bertz CT molecular complexity index is 814. The van der Waals surface area contributed by atoms with Gasteiger partial charge >= 0.3 is 0 Å². The number of carbonyl (C=O) groups excluding carboxylic acids is 1. The summed E-state index contributed by atoms with van der Waals surface area (Å²) in [5.74, 6) is 0.588. The molecule has 1 aromatic carbocycles. The molecule has 0 saturated carbocycles. The van der Waals surface area contributed by atoms with Crippen molar-refractivity contribution in [2.75, 3.05) is 17.7 Å². The molecular formula is C16H21N3O4S2. The lowest BCUT2D eigenvalue weighted by molar-refractivity contribution is -0.118. The van der Waals surface area contributed by atoms with Crippen LogP contribution in [0.4, 0.5) is 5.13 Å². The number of hydrogen-bond acceptors (Lipinski definition) is 7. The maximum Gasteiger partial charge on any atom is 0.264 e. The molecule has 0 aliphatic heterocycles. The Balaban J connectivity index is 1.89. The number of ether oxygens (including phenoxy) is 1. The summed E-state index contributed by atoms with van der Waals surface area (Å²) in [6.45, 7) is 5.77. The largest absolute Gasteiger partial charge is 0.484 e. The van der Waals surface area contributed by atoms with Crippen LogP contribution >= 0.6 is 11.3 Å². The standard InChI is InChI=1S/C16H21N3O4S2/c1-4-9-25(21,22)16-19-18-15(24-16)17-14(20)10-23-13-7-5-12(6-8-13)11(2)3/h5-8,11H,4,9-10H2,1-3H3,(H,17,18,20). The van der Waals surface area contributed by atoms with Gasteiger partial charge in [0.2, 0.25) is 19.3 Å². The molecule has 1 amide bonds. The van der Waals surface area contributed by atoms with Crippen LogP contribution in [0.15, 0.2) is 28.6 Å². The molecule has 0 fully saturated rings. The summed E-state index contributed by atoms with van der Waals surface area (Å²) in [4.78, 5) is 11.9. The lowest BCUT2D eigenvalue weighted by Crippen LogP contribution is -2.20. The van der Waals surface area contributed by atoms with E-state index in [1.807, 2.05) is 24.3 Å². The fraction of sp³-hybridized carbons (Fsp3) is 0.438. The van der Waals surface area contributed by atoms with Crippen LogP contribution in [0.2, 0.25) is 0 Å². The second kappa shape index (κ2) is 8.39. The van der Waals surface area contributed by atoms with Gasteiger partial charge in [-0.05, 0) is 30.0 Å². The minimum Gasteiger partial charge on any atom is -0.484 e. The minimum absolute atomic E-state index is 0.00502. The Kier molecular flexibility index (Phi) is 6.49. The first-order valence-corrected chi connectivity index (χ1v) is 10.4. The Labute approximate surface area is 151 Å². The van der Waals surface area contributed by atoms with Crippen molar-refractivity contribution in [1.29, 1.82) is 0 Å². The molecule has 7 nitrogen and oxygen atoms in total. The predicted octanol–water partition coefficient (Wildman–Crippen LogP) is 2.86. The van der Waals surface area contributed by atoms with E-state index in [0.29, 0.717) is 18.1 Å². The van der Waals surface area contributed by atoms with Crippen LogP contribution in [0.1, 0.15) is 38.7 Å². The van der Waals surface area contributed by atoms with Gasteiger partial charge in [0, 0.05) is 0 Å². The molecule has 2 aromatic rings. The summed E-state index contributed by atoms with van der Waals surface area (Å²) in [6.07, 6.45) is 0.493. The maximum atomic E-state index is 11.9. The average molecular weight is 383 g/mol. The third-order valence-corrected chi connectivity index (χ3v) is 6.51. The molecule has 0 aliphatic carbocycles. The highest BCUT2D eigenvalue weighted by Crippen LogP contribution is 2.22. The average Bonchev–Trinajstić information content (AvgIpc) is 3.02. The van der Waals surface area contributed by atoms with E-state index in [1.165, 1.54) is 5.56 Å². The van der Waals surface area contributed by atoms with Crippen LogP contribution in [0.25, 0.3) is 0 Å². The Morgan fingerprint density at radius 2 is 1.92 bits per heavy atom. The van der Waals surface area contributed by atoms with Crippen molar-refractivity contribution in [2.45, 2.75) is 37.4 Å². The molecule has 1 N–H and O–H groups in total. The Hall–Kier alpha value is -2.00. The number of sulfone groups is 1. The molecule has 1 heterocycles. The number of benzene rings is 1.